The Morgan fingerprint density at radius 1 is 1.23 bits per heavy atom. The van der Waals surface area contributed by atoms with Gasteiger partial charge in [0, 0.05) is 19.0 Å². The summed E-state index contributed by atoms with van der Waals surface area (Å²) in [4.78, 5) is 22.0. The largest absolute Gasteiger partial charge is 0.494 e. The topological polar surface area (TPSA) is 45.7 Å². The van der Waals surface area contributed by atoms with Gasteiger partial charge in [0.15, 0.2) is 5.13 Å². The molecule has 142 valence electrons. The minimum Gasteiger partial charge on any atom is -0.494 e. The van der Waals surface area contributed by atoms with Crippen LogP contribution in [0.5, 0.6) is 5.75 Å². The van der Waals surface area contributed by atoms with Crippen LogP contribution < -0.4 is 9.64 Å². The van der Waals surface area contributed by atoms with Gasteiger partial charge in [0.25, 0.3) is 0 Å². The standard InChI is InChI=1S/C20H29N3O2S/c1-4-25-16-10-11-17-18(14-16)26-20(21-17)23(13-12-22(2)3)19(24)15-8-6-5-7-9-15/h10-11,14-15H,4-9,12-13H2,1-3H3. The molecule has 1 aliphatic carbocycles. The third-order valence-electron chi connectivity index (χ3n) is 4.88. The summed E-state index contributed by atoms with van der Waals surface area (Å²) in [5.41, 5.74) is 0.930. The quantitative estimate of drug-likeness (QED) is 0.729. The van der Waals surface area contributed by atoms with Crippen LogP contribution in [-0.4, -0.2) is 49.6 Å². The smallest absolute Gasteiger partial charge is 0.231 e. The highest BCUT2D eigenvalue weighted by Crippen LogP contribution is 2.34. The van der Waals surface area contributed by atoms with E-state index < -0.39 is 0 Å². The van der Waals surface area contributed by atoms with E-state index in [9.17, 15) is 4.79 Å². The molecule has 0 unspecified atom stereocenters. The molecule has 1 fully saturated rings. The average Bonchev–Trinajstić information content (AvgIpc) is 3.05. The first-order valence-corrected chi connectivity index (χ1v) is 10.4. The lowest BCUT2D eigenvalue weighted by Crippen LogP contribution is -2.41. The number of hydrogen-bond acceptors (Lipinski definition) is 5. The molecule has 1 aliphatic rings. The number of carbonyl (C=O) groups excluding carboxylic acids is 1. The second-order valence-corrected chi connectivity index (χ2v) is 8.20. The average molecular weight is 376 g/mol. The Labute approximate surface area is 160 Å². The number of rotatable bonds is 7. The monoisotopic (exact) mass is 375 g/mol. The van der Waals surface area contributed by atoms with Crippen LogP contribution in [0.2, 0.25) is 0 Å². The van der Waals surface area contributed by atoms with Crippen LogP contribution in [0.3, 0.4) is 0 Å². The molecule has 5 nitrogen and oxygen atoms in total. The molecule has 1 aromatic heterocycles. The molecule has 0 atom stereocenters. The number of likely N-dealkylation sites (N-methyl/N-ethyl adjacent to an activating group) is 1. The maximum Gasteiger partial charge on any atom is 0.231 e. The molecule has 6 heteroatoms. The summed E-state index contributed by atoms with van der Waals surface area (Å²) < 4.78 is 6.66. The van der Waals surface area contributed by atoms with Gasteiger partial charge in [-0.15, -0.1) is 0 Å². The number of ether oxygens (including phenoxy) is 1. The van der Waals surface area contributed by atoms with Gasteiger partial charge in [-0.3, -0.25) is 9.69 Å². The van der Waals surface area contributed by atoms with Crippen LogP contribution in [0, 0.1) is 5.92 Å². The van der Waals surface area contributed by atoms with Crippen LogP contribution in [0.25, 0.3) is 10.2 Å². The normalized spacial score (nSPS) is 15.5. The molecule has 1 aromatic carbocycles. The van der Waals surface area contributed by atoms with Crippen molar-refractivity contribution in [3.8, 4) is 5.75 Å². The number of hydrogen-bond donors (Lipinski definition) is 0. The number of aromatic nitrogens is 1. The fourth-order valence-corrected chi connectivity index (χ4v) is 4.46. The van der Waals surface area contributed by atoms with E-state index >= 15 is 0 Å². The molecule has 2 aromatic rings. The Balaban J connectivity index is 1.87. The van der Waals surface area contributed by atoms with Crippen molar-refractivity contribution in [2.45, 2.75) is 39.0 Å². The third kappa shape index (κ3) is 4.54. The summed E-state index contributed by atoms with van der Waals surface area (Å²) >= 11 is 1.58. The fraction of sp³-hybridized carbons (Fsp3) is 0.600. The van der Waals surface area contributed by atoms with Crippen molar-refractivity contribution in [2.24, 2.45) is 5.92 Å². The SMILES string of the molecule is CCOc1ccc2nc(N(CCN(C)C)C(=O)C3CCCCC3)sc2c1. The Hall–Kier alpha value is -1.66. The highest BCUT2D eigenvalue weighted by molar-refractivity contribution is 7.22. The highest BCUT2D eigenvalue weighted by atomic mass is 32.1. The van der Waals surface area contributed by atoms with Crippen LogP contribution >= 0.6 is 11.3 Å². The highest BCUT2D eigenvalue weighted by Gasteiger charge is 2.28. The molecule has 1 saturated carbocycles. The summed E-state index contributed by atoms with van der Waals surface area (Å²) in [7, 11) is 4.08. The van der Waals surface area contributed by atoms with E-state index in [1.54, 1.807) is 11.3 Å². The number of thiazole rings is 1. The van der Waals surface area contributed by atoms with Gasteiger partial charge in [-0.05, 0) is 52.1 Å². The summed E-state index contributed by atoms with van der Waals surface area (Å²) in [6, 6.07) is 5.95. The number of anilines is 1. The van der Waals surface area contributed by atoms with E-state index in [0.717, 1.165) is 53.3 Å². The van der Waals surface area contributed by atoms with Gasteiger partial charge < -0.3 is 9.64 Å². The van der Waals surface area contributed by atoms with Crippen molar-refractivity contribution < 1.29 is 9.53 Å². The maximum absolute atomic E-state index is 13.2. The minimum atomic E-state index is 0.150. The van der Waals surface area contributed by atoms with Gasteiger partial charge in [0.2, 0.25) is 5.91 Å². The molecule has 0 saturated heterocycles. The number of nitrogens with zero attached hydrogens (tertiary/aromatic N) is 3. The predicted octanol–water partition coefficient (Wildman–Crippen LogP) is 4.17. The van der Waals surface area contributed by atoms with Gasteiger partial charge in [0.1, 0.15) is 5.75 Å². The zero-order valence-corrected chi connectivity index (χ0v) is 16.8. The van der Waals surface area contributed by atoms with Crippen molar-refractivity contribution in [1.29, 1.82) is 0 Å². The van der Waals surface area contributed by atoms with E-state index in [0.29, 0.717) is 13.2 Å². The summed E-state index contributed by atoms with van der Waals surface area (Å²) in [5.74, 6) is 1.25. The lowest BCUT2D eigenvalue weighted by atomic mass is 9.88. The Kier molecular flexibility index (Phi) is 6.48. The van der Waals surface area contributed by atoms with Crippen molar-refractivity contribution in [3.05, 3.63) is 18.2 Å². The third-order valence-corrected chi connectivity index (χ3v) is 5.92. The molecule has 0 radical (unpaired) electrons. The zero-order chi connectivity index (χ0) is 18.5. The molecule has 0 aliphatic heterocycles. The lowest BCUT2D eigenvalue weighted by molar-refractivity contribution is -0.123. The van der Waals surface area contributed by atoms with Gasteiger partial charge in [-0.25, -0.2) is 4.98 Å². The molecule has 0 bridgehead atoms. The fourth-order valence-electron chi connectivity index (χ4n) is 3.43. The van der Waals surface area contributed by atoms with Crippen molar-refractivity contribution >= 4 is 32.6 Å². The van der Waals surface area contributed by atoms with Gasteiger partial charge in [0.05, 0.1) is 16.8 Å². The molecule has 0 spiro atoms. The zero-order valence-electron chi connectivity index (χ0n) is 16.0. The van der Waals surface area contributed by atoms with Crippen molar-refractivity contribution in [3.63, 3.8) is 0 Å². The first kappa shape index (κ1) is 19.1. The molecule has 1 heterocycles. The van der Waals surface area contributed by atoms with E-state index in [1.165, 1.54) is 6.42 Å². The second kappa shape index (κ2) is 8.82. The minimum absolute atomic E-state index is 0.150. The Morgan fingerprint density at radius 2 is 2.00 bits per heavy atom. The van der Waals surface area contributed by atoms with E-state index in [4.69, 9.17) is 9.72 Å². The van der Waals surface area contributed by atoms with E-state index in [2.05, 4.69) is 4.90 Å². The lowest BCUT2D eigenvalue weighted by Gasteiger charge is -2.28. The van der Waals surface area contributed by atoms with E-state index in [1.807, 2.05) is 44.1 Å². The first-order chi connectivity index (χ1) is 12.6. The molecule has 1 amide bonds. The Bertz CT molecular complexity index is 738. The summed E-state index contributed by atoms with van der Waals surface area (Å²) in [6.07, 6.45) is 5.60. The number of amides is 1. The molecular weight excluding hydrogens is 346 g/mol. The number of carbonyl (C=O) groups is 1. The Morgan fingerprint density at radius 3 is 2.69 bits per heavy atom. The summed E-state index contributed by atoms with van der Waals surface area (Å²) in [6.45, 7) is 4.14. The summed E-state index contributed by atoms with van der Waals surface area (Å²) in [5, 5.41) is 0.811. The maximum atomic E-state index is 13.2. The first-order valence-electron chi connectivity index (χ1n) is 9.58. The van der Waals surface area contributed by atoms with E-state index in [-0.39, 0.29) is 11.8 Å². The molecule has 26 heavy (non-hydrogen) atoms. The van der Waals surface area contributed by atoms with Crippen LogP contribution in [0.15, 0.2) is 18.2 Å². The second-order valence-electron chi connectivity index (χ2n) is 7.19. The molecule has 3 rings (SSSR count). The number of benzene rings is 1. The van der Waals surface area contributed by atoms with Gasteiger partial charge >= 0.3 is 0 Å². The molecule has 0 N–H and O–H groups in total. The predicted molar refractivity (Wildman–Crippen MR) is 108 cm³/mol. The van der Waals surface area contributed by atoms with Crippen molar-refractivity contribution in [1.82, 2.24) is 9.88 Å². The van der Waals surface area contributed by atoms with Gasteiger partial charge in [-0.2, -0.15) is 0 Å². The molecular formula is C20H29N3O2S. The van der Waals surface area contributed by atoms with Crippen LogP contribution in [0.1, 0.15) is 39.0 Å². The van der Waals surface area contributed by atoms with Crippen LogP contribution in [0.4, 0.5) is 5.13 Å². The van der Waals surface area contributed by atoms with Crippen LogP contribution in [-0.2, 0) is 4.79 Å². The van der Waals surface area contributed by atoms with Gasteiger partial charge in [-0.1, -0.05) is 30.6 Å². The van der Waals surface area contributed by atoms with Crippen molar-refractivity contribution in [2.75, 3.05) is 38.7 Å². The number of fused-ring (bicyclic) bond motifs is 1.